The van der Waals surface area contributed by atoms with Crippen LogP contribution >= 0.6 is 0 Å². The number of esters is 5. The zero-order valence-electron chi connectivity index (χ0n) is 56.4. The van der Waals surface area contributed by atoms with Crippen molar-refractivity contribution >= 4 is 42.5 Å². The third kappa shape index (κ3) is 77.4. The molecule has 0 aromatic rings. The summed E-state index contributed by atoms with van der Waals surface area (Å²) in [6.45, 7) is 32.4. The molecule has 0 saturated carbocycles. The first kappa shape index (κ1) is 94.1. The van der Waals surface area contributed by atoms with Crippen molar-refractivity contribution < 1.29 is 93.1 Å². The van der Waals surface area contributed by atoms with E-state index in [1.165, 1.54) is 145 Å². The zero-order chi connectivity index (χ0) is 63.1. The van der Waals surface area contributed by atoms with Crippen molar-refractivity contribution in [2.45, 2.75) is 314 Å². The van der Waals surface area contributed by atoms with Crippen molar-refractivity contribution in [3.05, 3.63) is 6.92 Å². The van der Waals surface area contributed by atoms with Crippen LogP contribution in [0.5, 0.6) is 0 Å². The van der Waals surface area contributed by atoms with Gasteiger partial charge in [-0.3, -0.25) is 28.9 Å². The fourth-order valence-electron chi connectivity index (χ4n) is 7.49. The van der Waals surface area contributed by atoms with Gasteiger partial charge in [0.05, 0.1) is 39.5 Å². The van der Waals surface area contributed by atoms with E-state index in [4.69, 9.17) is 28.4 Å². The molecule has 0 aliphatic carbocycles. The van der Waals surface area contributed by atoms with Crippen molar-refractivity contribution in [3.8, 4) is 0 Å². The molecule has 0 radical (unpaired) electrons. The maximum absolute atomic E-state index is 12.3. The normalized spacial score (nSPS) is 13.0. The maximum atomic E-state index is 12.3. The van der Waals surface area contributed by atoms with Crippen LogP contribution in [0, 0.1) is 44.0 Å². The van der Waals surface area contributed by atoms with E-state index in [0.29, 0.717) is 57.7 Å². The van der Waals surface area contributed by atoms with Crippen LogP contribution in [0.15, 0.2) is 0 Å². The number of nitrogens with zero attached hydrogens (tertiary/aromatic N) is 2. The second-order valence-electron chi connectivity index (χ2n) is 20.7. The number of hydrogen-bond acceptors (Lipinski definition) is 14. The predicted molar refractivity (Wildman–Crippen MR) is 339 cm³/mol. The van der Waals surface area contributed by atoms with Gasteiger partial charge in [0.2, 0.25) is 0 Å². The number of likely N-dealkylation sites (tertiary alicyclic amines) is 1. The van der Waals surface area contributed by atoms with Gasteiger partial charge in [-0.15, -0.1) is 0 Å². The van der Waals surface area contributed by atoms with Gasteiger partial charge in [-0.05, 0) is 44.4 Å². The Morgan fingerprint density at radius 1 is 0.506 bits per heavy atom. The van der Waals surface area contributed by atoms with Gasteiger partial charge in [0.1, 0.15) is 19.5 Å². The molecule has 1 heterocycles. The molecule has 1 rings (SSSR count). The first-order valence-electron chi connectivity index (χ1n) is 33.1. The first-order valence-corrected chi connectivity index (χ1v) is 33.1. The van der Waals surface area contributed by atoms with Crippen LogP contribution in [-0.4, -0.2) is 131 Å². The molecule has 1 amide bonds. The molecule has 0 bridgehead atoms. The minimum atomic E-state index is -0.614. The SMILES string of the molecule is CC.CCCC.CCCCCCCCOC.CCCCCCCCOC(=O)CC.CCCCCCCCOC(=O)CC(C)CC.CCCCCCCCOC(=O)CN(CC=O)CC(=O)OCC1CCC(COC(=O)CC)N1[C-]=O.[CH2-]CC.[U+2]. The van der Waals surface area contributed by atoms with Crippen LogP contribution in [0.4, 0.5) is 0 Å². The van der Waals surface area contributed by atoms with Crippen LogP contribution in [0.25, 0.3) is 0 Å². The van der Waals surface area contributed by atoms with Gasteiger partial charge in [-0.2, -0.15) is 12.8 Å². The van der Waals surface area contributed by atoms with Gasteiger partial charge < -0.3 is 49.8 Å². The van der Waals surface area contributed by atoms with E-state index in [1.54, 1.807) is 14.0 Å². The monoisotopic (exact) mass is 1410 g/mol. The van der Waals surface area contributed by atoms with E-state index in [0.717, 1.165) is 51.6 Å². The predicted octanol–water partition coefficient (Wildman–Crippen LogP) is 16.5. The van der Waals surface area contributed by atoms with Gasteiger partial charge in [-0.25, -0.2) is 0 Å². The number of ether oxygens (including phenoxy) is 6. The molecule has 83 heavy (non-hydrogen) atoms. The smallest absolute Gasteiger partial charge is 0.520 e. The fraction of sp³-hybridized carbons (Fsp3) is 0.881. The number of aldehydes is 1. The van der Waals surface area contributed by atoms with E-state index in [2.05, 4.69) is 62.3 Å². The third-order valence-electron chi connectivity index (χ3n) is 12.9. The number of methoxy groups -OCH3 is 1. The molecule has 16 heteroatoms. The minimum absolute atomic E-state index is 0. The number of amides is 1. The second-order valence-corrected chi connectivity index (χ2v) is 20.7. The summed E-state index contributed by atoms with van der Waals surface area (Å²) in [5, 5.41) is 0. The molecule has 15 nitrogen and oxygen atoms in total. The molecular weight excluding hydrogens is 1280 g/mol. The van der Waals surface area contributed by atoms with E-state index in [-0.39, 0.29) is 100 Å². The Morgan fingerprint density at radius 2 is 0.819 bits per heavy atom. The first-order chi connectivity index (χ1) is 39.7. The molecule has 0 aromatic heterocycles. The van der Waals surface area contributed by atoms with Crippen LogP contribution in [0.1, 0.15) is 302 Å². The molecular formula is C67H132N2O13U. The van der Waals surface area contributed by atoms with Gasteiger partial charge in [0.25, 0.3) is 0 Å². The van der Waals surface area contributed by atoms with Crippen molar-refractivity contribution in [1.82, 2.24) is 9.80 Å². The summed E-state index contributed by atoms with van der Waals surface area (Å²) in [7, 11) is 1.77. The van der Waals surface area contributed by atoms with E-state index >= 15 is 0 Å². The van der Waals surface area contributed by atoms with Gasteiger partial charge in [-0.1, -0.05) is 238 Å². The standard InChI is InChI=1S/C24H39N2O8.C14H28O2.C11H22O2.C9H20O.C4H10.C3H7.C2H6.U/c1-3-5-6-7-8-9-14-32-23(30)15-25(12-13-27)16-24(31)34-18-21-11-10-20(26(21)19-28)17-33-22(29)4-2;1-4-6-7-8-9-10-11-16-14(15)12-13(3)5-2;1-3-5-6-7-8-9-10-13-11(12)4-2;1-3-4-5-6-7-8-9-10-2;1-3-4-2;1-3-2;1-2;/h13,20-21H,3-12,14-18H2,1-2H3;13H,4-12H2,1-3H3;3-10H2,1-2H3;3-9H2,1-2H3;3-4H2,1-2H3;1,3H2,2H3;1-2H3;/q-1;;;;;-1;;+2. The molecule has 1 aliphatic heterocycles. The number of unbranched alkanes of at least 4 members (excludes halogenated alkanes) is 21. The maximum Gasteiger partial charge on any atom is 2.00 e. The number of carbonyl (C=O) groups excluding carboxylic acids is 7. The molecule has 1 fully saturated rings. The Balaban J connectivity index is -0.000000196. The molecule has 1 aliphatic rings. The Kier molecular flexibility index (Phi) is 92.5. The second kappa shape index (κ2) is 81.5. The average Bonchev–Trinajstić information content (AvgIpc) is 3.89. The van der Waals surface area contributed by atoms with Crippen molar-refractivity contribution in [1.29, 1.82) is 0 Å². The summed E-state index contributed by atoms with van der Waals surface area (Å²) in [5.41, 5.74) is 0. The van der Waals surface area contributed by atoms with E-state index in [9.17, 15) is 33.6 Å². The zero-order valence-corrected chi connectivity index (χ0v) is 60.6. The molecule has 3 atom stereocenters. The van der Waals surface area contributed by atoms with Crippen molar-refractivity contribution in [2.24, 2.45) is 5.92 Å². The van der Waals surface area contributed by atoms with E-state index < -0.39 is 11.9 Å². The quantitative estimate of drug-likeness (QED) is 0.0185. The van der Waals surface area contributed by atoms with Crippen LogP contribution < -0.4 is 0 Å². The summed E-state index contributed by atoms with van der Waals surface area (Å²) in [6.07, 6.45) is 39.0. The summed E-state index contributed by atoms with van der Waals surface area (Å²) in [4.78, 5) is 82.8. The third-order valence-corrected chi connectivity index (χ3v) is 12.9. The number of carbonyl (C=O) groups is 6. The Labute approximate surface area is 535 Å². The molecule has 0 spiro atoms. The minimum Gasteiger partial charge on any atom is -0.520 e. The molecule has 492 valence electrons. The molecule has 0 aromatic carbocycles. The molecule has 0 N–H and O–H groups in total. The van der Waals surface area contributed by atoms with Gasteiger partial charge in [0.15, 0.2) is 0 Å². The largest absolute Gasteiger partial charge is 2.00 e. The van der Waals surface area contributed by atoms with Crippen molar-refractivity contribution in [2.75, 3.05) is 66.4 Å². The number of rotatable bonds is 45. The van der Waals surface area contributed by atoms with E-state index in [1.807, 2.05) is 34.1 Å². The Morgan fingerprint density at radius 3 is 1.14 bits per heavy atom. The average molecular weight is 1410 g/mol. The number of hydrogen-bond donors (Lipinski definition) is 0. The summed E-state index contributed by atoms with van der Waals surface area (Å²) >= 11 is 0. The summed E-state index contributed by atoms with van der Waals surface area (Å²) in [6, 6.07) is -0.668. The molecule has 1 saturated heterocycles. The van der Waals surface area contributed by atoms with Crippen LogP contribution in [0.3, 0.4) is 0 Å². The summed E-state index contributed by atoms with van der Waals surface area (Å²) in [5.74, 6) is -1.10. The van der Waals surface area contributed by atoms with Crippen molar-refractivity contribution in [3.63, 3.8) is 0 Å². The van der Waals surface area contributed by atoms with Gasteiger partial charge >= 0.3 is 61.0 Å². The van der Waals surface area contributed by atoms with Crippen LogP contribution in [-0.2, 0) is 62.0 Å². The van der Waals surface area contributed by atoms with Gasteiger partial charge in [0, 0.05) is 45.1 Å². The fourth-order valence-corrected chi connectivity index (χ4v) is 7.49. The Hall–Kier alpha value is -2.54. The van der Waals surface area contributed by atoms with Crippen LogP contribution in [0.2, 0.25) is 0 Å². The summed E-state index contributed by atoms with van der Waals surface area (Å²) < 4.78 is 30.7. The molecule has 3 unspecified atom stereocenters. The Bertz CT molecular complexity index is 1350. The topological polar surface area (TPSA) is 181 Å².